The second-order valence-electron chi connectivity index (χ2n) is 7.91. The average Bonchev–Trinajstić information content (AvgIpc) is 3.23. The number of likely N-dealkylation sites (tertiary alicyclic amines) is 1. The molecule has 0 saturated carbocycles. The first-order valence-corrected chi connectivity index (χ1v) is 9.87. The highest BCUT2D eigenvalue weighted by Crippen LogP contribution is 2.41. The molecular formula is C22H27N3O. The highest BCUT2D eigenvalue weighted by atomic mass is 16.3. The van der Waals surface area contributed by atoms with Crippen LogP contribution in [0.4, 0.5) is 11.4 Å². The average molecular weight is 349 g/mol. The molecule has 2 atom stereocenters. The zero-order valence-electron chi connectivity index (χ0n) is 15.4. The minimum absolute atomic E-state index is 0.398. The third-order valence-corrected chi connectivity index (χ3v) is 6.50. The van der Waals surface area contributed by atoms with Gasteiger partial charge in [-0.1, -0.05) is 30.3 Å². The number of rotatable bonds is 2. The molecule has 2 N–H and O–H groups in total. The minimum Gasteiger partial charge on any atom is -0.356 e. The Balaban J connectivity index is 1.31. The van der Waals surface area contributed by atoms with Crippen LogP contribution < -0.4 is 10.2 Å². The number of fused-ring (bicyclic) bond motifs is 2. The van der Waals surface area contributed by atoms with Crippen molar-refractivity contribution < 1.29 is 5.11 Å². The van der Waals surface area contributed by atoms with Gasteiger partial charge in [0.25, 0.3) is 0 Å². The van der Waals surface area contributed by atoms with E-state index in [9.17, 15) is 5.11 Å². The van der Waals surface area contributed by atoms with Crippen LogP contribution in [0.25, 0.3) is 0 Å². The smallest absolute Gasteiger partial charge is 0.205 e. The Kier molecular flexibility index (Phi) is 3.91. The normalized spacial score (nSPS) is 25.8. The SMILES string of the molecule is Cc1cccc2c1C(N1CCC(N3c4ccccc4NC3O)CC1)CC2. The van der Waals surface area contributed by atoms with Gasteiger partial charge in [0.05, 0.1) is 11.4 Å². The number of nitrogens with one attached hydrogen (secondary N) is 1. The van der Waals surface area contributed by atoms with Gasteiger partial charge in [-0.25, -0.2) is 0 Å². The molecule has 2 aromatic rings. The molecule has 1 aliphatic carbocycles. The summed E-state index contributed by atoms with van der Waals surface area (Å²) in [6.45, 7) is 4.47. The number of anilines is 2. The van der Waals surface area contributed by atoms with Crippen LogP contribution in [0.15, 0.2) is 42.5 Å². The lowest BCUT2D eigenvalue weighted by molar-refractivity contribution is 0.128. The van der Waals surface area contributed by atoms with Crippen molar-refractivity contribution in [1.29, 1.82) is 0 Å². The molecule has 0 radical (unpaired) electrons. The highest BCUT2D eigenvalue weighted by Gasteiger charge is 2.37. The molecule has 1 saturated heterocycles. The fraction of sp³-hybridized carbons (Fsp3) is 0.455. The van der Waals surface area contributed by atoms with Crippen molar-refractivity contribution in [1.82, 2.24) is 4.90 Å². The molecule has 0 aromatic heterocycles. The summed E-state index contributed by atoms with van der Waals surface area (Å²) in [6.07, 6.45) is 4.07. The third kappa shape index (κ3) is 2.51. The molecule has 4 nitrogen and oxygen atoms in total. The standard InChI is InChI=1S/C22H27N3O/c1-15-5-4-6-16-9-10-20(21(15)16)24-13-11-17(12-14-24)25-19-8-3-2-7-18(19)23-22(25)26/h2-8,17,20,22-23,26H,9-14H2,1H3. The van der Waals surface area contributed by atoms with E-state index in [2.05, 4.69) is 52.4 Å². The van der Waals surface area contributed by atoms with Crippen molar-refractivity contribution >= 4 is 11.4 Å². The van der Waals surface area contributed by atoms with Gasteiger partial charge in [0.2, 0.25) is 6.35 Å². The number of nitrogens with zero attached hydrogens (tertiary/aromatic N) is 2. The van der Waals surface area contributed by atoms with Crippen LogP contribution in [-0.4, -0.2) is 35.5 Å². The predicted octanol–water partition coefficient (Wildman–Crippen LogP) is 3.65. The molecule has 2 unspecified atom stereocenters. The second kappa shape index (κ2) is 6.29. The van der Waals surface area contributed by atoms with Gasteiger partial charge in [0.1, 0.15) is 0 Å². The fourth-order valence-electron chi connectivity index (χ4n) is 5.27. The van der Waals surface area contributed by atoms with Crippen LogP contribution >= 0.6 is 0 Å². The molecule has 5 rings (SSSR count). The number of aliphatic hydroxyl groups excluding tert-OH is 1. The number of benzene rings is 2. The van der Waals surface area contributed by atoms with Crippen LogP contribution in [0.5, 0.6) is 0 Å². The lowest BCUT2D eigenvalue weighted by atomic mass is 9.96. The molecule has 2 aromatic carbocycles. The Hall–Kier alpha value is -2.04. The van der Waals surface area contributed by atoms with Crippen molar-refractivity contribution in [3.8, 4) is 0 Å². The van der Waals surface area contributed by atoms with Gasteiger partial charge in [0.15, 0.2) is 0 Å². The first-order valence-electron chi connectivity index (χ1n) is 9.87. The van der Waals surface area contributed by atoms with E-state index in [1.807, 2.05) is 12.1 Å². The number of aliphatic hydroxyl groups is 1. The van der Waals surface area contributed by atoms with Gasteiger partial charge in [-0.2, -0.15) is 0 Å². The minimum atomic E-state index is -0.599. The van der Waals surface area contributed by atoms with E-state index in [4.69, 9.17) is 0 Å². The lowest BCUT2D eigenvalue weighted by Crippen LogP contribution is -2.49. The van der Waals surface area contributed by atoms with Crippen molar-refractivity contribution in [3.05, 3.63) is 59.2 Å². The zero-order chi connectivity index (χ0) is 17.7. The van der Waals surface area contributed by atoms with Gasteiger partial charge >= 0.3 is 0 Å². The summed E-state index contributed by atoms with van der Waals surface area (Å²) in [6, 6.07) is 16.0. The van der Waals surface area contributed by atoms with E-state index in [0.717, 1.165) is 37.3 Å². The summed E-state index contributed by atoms with van der Waals surface area (Å²) in [4.78, 5) is 4.86. The number of hydrogen-bond donors (Lipinski definition) is 2. The molecule has 2 aliphatic heterocycles. The maximum Gasteiger partial charge on any atom is 0.205 e. The molecule has 0 amide bonds. The Morgan fingerprint density at radius 2 is 1.81 bits per heavy atom. The molecule has 4 heteroatoms. The van der Waals surface area contributed by atoms with E-state index in [1.54, 1.807) is 11.1 Å². The maximum atomic E-state index is 10.5. The predicted molar refractivity (Wildman–Crippen MR) is 105 cm³/mol. The molecule has 0 spiro atoms. The first-order chi connectivity index (χ1) is 12.7. The molecule has 0 bridgehead atoms. The number of aryl methyl sites for hydroxylation is 2. The monoisotopic (exact) mass is 349 g/mol. The summed E-state index contributed by atoms with van der Waals surface area (Å²) in [7, 11) is 0. The van der Waals surface area contributed by atoms with Crippen molar-refractivity contribution in [3.63, 3.8) is 0 Å². The van der Waals surface area contributed by atoms with E-state index in [-0.39, 0.29) is 0 Å². The molecule has 3 aliphatic rings. The van der Waals surface area contributed by atoms with Gasteiger partial charge in [0, 0.05) is 25.2 Å². The number of hydrogen-bond acceptors (Lipinski definition) is 4. The fourth-order valence-corrected chi connectivity index (χ4v) is 5.27. The van der Waals surface area contributed by atoms with E-state index >= 15 is 0 Å². The Morgan fingerprint density at radius 1 is 1.00 bits per heavy atom. The van der Waals surface area contributed by atoms with E-state index in [1.165, 1.54) is 18.4 Å². The molecule has 2 heterocycles. The summed E-state index contributed by atoms with van der Waals surface area (Å²) in [5, 5.41) is 13.7. The van der Waals surface area contributed by atoms with E-state index in [0.29, 0.717) is 12.1 Å². The third-order valence-electron chi connectivity index (χ3n) is 6.50. The number of piperidine rings is 1. The molecule has 136 valence electrons. The van der Waals surface area contributed by atoms with Gasteiger partial charge in [-0.3, -0.25) is 4.90 Å². The van der Waals surface area contributed by atoms with Gasteiger partial charge in [-0.05, 0) is 61.4 Å². The van der Waals surface area contributed by atoms with Gasteiger partial charge in [-0.15, -0.1) is 0 Å². The van der Waals surface area contributed by atoms with Crippen LogP contribution in [-0.2, 0) is 6.42 Å². The Labute approximate surface area is 155 Å². The molecular weight excluding hydrogens is 322 g/mol. The second-order valence-corrected chi connectivity index (χ2v) is 7.91. The van der Waals surface area contributed by atoms with Crippen LogP contribution in [0.2, 0.25) is 0 Å². The quantitative estimate of drug-likeness (QED) is 0.868. The lowest BCUT2D eigenvalue weighted by Gasteiger charge is -2.41. The largest absolute Gasteiger partial charge is 0.356 e. The van der Waals surface area contributed by atoms with Gasteiger partial charge < -0.3 is 15.3 Å². The highest BCUT2D eigenvalue weighted by molar-refractivity contribution is 5.75. The summed E-state index contributed by atoms with van der Waals surface area (Å²) in [5.41, 5.74) is 6.76. The molecule has 1 fully saturated rings. The van der Waals surface area contributed by atoms with Crippen LogP contribution in [0.1, 0.15) is 42.0 Å². The Bertz CT molecular complexity index is 813. The zero-order valence-corrected chi connectivity index (χ0v) is 15.4. The van der Waals surface area contributed by atoms with Crippen LogP contribution in [0, 0.1) is 6.92 Å². The Morgan fingerprint density at radius 3 is 2.65 bits per heavy atom. The van der Waals surface area contributed by atoms with Crippen molar-refractivity contribution in [2.45, 2.75) is 51.0 Å². The number of para-hydroxylation sites is 2. The summed E-state index contributed by atoms with van der Waals surface area (Å²) in [5.74, 6) is 0. The summed E-state index contributed by atoms with van der Waals surface area (Å²) >= 11 is 0. The summed E-state index contributed by atoms with van der Waals surface area (Å²) < 4.78 is 0. The maximum absolute atomic E-state index is 10.5. The van der Waals surface area contributed by atoms with E-state index < -0.39 is 6.35 Å². The first kappa shape index (κ1) is 16.2. The van der Waals surface area contributed by atoms with Crippen LogP contribution in [0.3, 0.4) is 0 Å². The topological polar surface area (TPSA) is 38.7 Å². The van der Waals surface area contributed by atoms with Crippen molar-refractivity contribution in [2.75, 3.05) is 23.3 Å². The van der Waals surface area contributed by atoms with Crippen molar-refractivity contribution in [2.24, 2.45) is 0 Å². The molecule has 26 heavy (non-hydrogen) atoms.